The van der Waals surface area contributed by atoms with Gasteiger partial charge in [0, 0.05) is 11.8 Å². The van der Waals surface area contributed by atoms with Crippen molar-refractivity contribution < 1.29 is 4.74 Å². The van der Waals surface area contributed by atoms with E-state index in [2.05, 4.69) is 9.97 Å². The second kappa shape index (κ2) is 4.57. The SMILES string of the molecule is COc1nccc2[nH]c(=O)c(-c3ccccc3)cc12. The van der Waals surface area contributed by atoms with Gasteiger partial charge in [-0.1, -0.05) is 30.3 Å². The van der Waals surface area contributed by atoms with Gasteiger partial charge in [-0.25, -0.2) is 4.98 Å². The minimum atomic E-state index is -0.119. The maximum Gasteiger partial charge on any atom is 0.256 e. The molecule has 94 valence electrons. The maximum atomic E-state index is 12.1. The second-order valence-electron chi connectivity index (χ2n) is 4.16. The second-order valence-corrected chi connectivity index (χ2v) is 4.16. The summed E-state index contributed by atoms with van der Waals surface area (Å²) in [4.78, 5) is 19.1. The number of pyridine rings is 2. The molecule has 4 nitrogen and oxygen atoms in total. The first-order chi connectivity index (χ1) is 9.29. The fourth-order valence-corrected chi connectivity index (χ4v) is 2.10. The molecule has 1 aromatic carbocycles. The van der Waals surface area contributed by atoms with E-state index in [1.165, 1.54) is 0 Å². The molecule has 0 unspecified atom stereocenters. The van der Waals surface area contributed by atoms with E-state index in [0.717, 1.165) is 16.5 Å². The van der Waals surface area contributed by atoms with Gasteiger partial charge in [0.25, 0.3) is 5.56 Å². The van der Waals surface area contributed by atoms with Crippen molar-refractivity contribution in [1.29, 1.82) is 0 Å². The summed E-state index contributed by atoms with van der Waals surface area (Å²) in [7, 11) is 1.56. The lowest BCUT2D eigenvalue weighted by molar-refractivity contribution is 0.403. The third kappa shape index (κ3) is 1.97. The van der Waals surface area contributed by atoms with Gasteiger partial charge in [0.2, 0.25) is 5.88 Å². The standard InChI is InChI=1S/C15H12N2O2/c1-19-15-12-9-11(10-5-3-2-4-6-10)14(18)17-13(12)7-8-16-15/h2-9H,1H3,(H,17,18). The topological polar surface area (TPSA) is 55.0 Å². The summed E-state index contributed by atoms with van der Waals surface area (Å²) in [5, 5.41) is 0.795. The van der Waals surface area contributed by atoms with Gasteiger partial charge >= 0.3 is 0 Å². The van der Waals surface area contributed by atoms with Gasteiger partial charge in [0.1, 0.15) is 0 Å². The Bertz CT molecular complexity index is 779. The molecule has 0 fully saturated rings. The maximum absolute atomic E-state index is 12.1. The van der Waals surface area contributed by atoms with Gasteiger partial charge in [0.05, 0.1) is 18.0 Å². The van der Waals surface area contributed by atoms with Crippen molar-refractivity contribution >= 4 is 10.9 Å². The van der Waals surface area contributed by atoms with Crippen LogP contribution in [0.4, 0.5) is 0 Å². The van der Waals surface area contributed by atoms with Crippen LogP contribution in [0.15, 0.2) is 53.5 Å². The monoisotopic (exact) mass is 252 g/mol. The molecular weight excluding hydrogens is 240 g/mol. The van der Waals surface area contributed by atoms with E-state index in [-0.39, 0.29) is 5.56 Å². The highest BCUT2D eigenvalue weighted by molar-refractivity contribution is 5.87. The molecule has 0 amide bonds. The number of ether oxygens (including phenoxy) is 1. The molecule has 0 bridgehead atoms. The molecule has 2 aromatic heterocycles. The van der Waals surface area contributed by atoms with Crippen LogP contribution in [0.1, 0.15) is 0 Å². The lowest BCUT2D eigenvalue weighted by Gasteiger charge is -2.06. The Balaban J connectivity index is 2.32. The number of aromatic amines is 1. The molecule has 0 saturated heterocycles. The van der Waals surface area contributed by atoms with Crippen LogP contribution in [0, 0.1) is 0 Å². The van der Waals surface area contributed by atoms with E-state index < -0.39 is 0 Å². The predicted molar refractivity (Wildman–Crippen MR) is 74.4 cm³/mol. The number of nitrogens with one attached hydrogen (secondary N) is 1. The number of rotatable bonds is 2. The lowest BCUT2D eigenvalue weighted by atomic mass is 10.1. The molecule has 2 heterocycles. The summed E-state index contributed by atoms with van der Waals surface area (Å²) in [6.07, 6.45) is 1.61. The number of H-pyrrole nitrogens is 1. The van der Waals surface area contributed by atoms with E-state index in [4.69, 9.17) is 4.74 Å². The quantitative estimate of drug-likeness (QED) is 0.762. The highest BCUT2D eigenvalue weighted by Gasteiger charge is 2.08. The van der Waals surface area contributed by atoms with E-state index in [0.29, 0.717) is 11.4 Å². The number of methoxy groups -OCH3 is 1. The van der Waals surface area contributed by atoms with Gasteiger partial charge in [0.15, 0.2) is 0 Å². The molecule has 0 spiro atoms. The Morgan fingerprint density at radius 3 is 2.68 bits per heavy atom. The predicted octanol–water partition coefficient (Wildman–Crippen LogP) is 2.60. The van der Waals surface area contributed by atoms with E-state index in [9.17, 15) is 4.79 Å². The van der Waals surface area contributed by atoms with Gasteiger partial charge in [-0.15, -0.1) is 0 Å². The molecule has 0 aliphatic rings. The molecule has 0 aliphatic carbocycles. The summed E-state index contributed by atoms with van der Waals surface area (Å²) in [6.45, 7) is 0. The first kappa shape index (κ1) is 11.5. The molecular formula is C15H12N2O2. The number of aromatic nitrogens is 2. The minimum absolute atomic E-state index is 0.119. The lowest BCUT2D eigenvalue weighted by Crippen LogP contribution is -2.09. The molecule has 3 rings (SSSR count). The van der Waals surface area contributed by atoms with Gasteiger partial charge in [-0.05, 0) is 17.7 Å². The Morgan fingerprint density at radius 2 is 1.95 bits per heavy atom. The first-order valence-electron chi connectivity index (χ1n) is 5.91. The largest absolute Gasteiger partial charge is 0.481 e. The van der Waals surface area contributed by atoms with Crippen LogP contribution in [0.3, 0.4) is 0 Å². The zero-order valence-corrected chi connectivity index (χ0v) is 10.4. The van der Waals surface area contributed by atoms with Crippen molar-refractivity contribution in [2.75, 3.05) is 7.11 Å². The van der Waals surface area contributed by atoms with Crippen LogP contribution in [0.2, 0.25) is 0 Å². The first-order valence-corrected chi connectivity index (χ1v) is 5.91. The van der Waals surface area contributed by atoms with Crippen LogP contribution in [-0.2, 0) is 0 Å². The van der Waals surface area contributed by atoms with Crippen LogP contribution in [0.25, 0.3) is 22.0 Å². The Hall–Kier alpha value is -2.62. The van der Waals surface area contributed by atoms with E-state index in [1.807, 2.05) is 36.4 Å². The fourth-order valence-electron chi connectivity index (χ4n) is 2.10. The summed E-state index contributed by atoms with van der Waals surface area (Å²) >= 11 is 0. The van der Waals surface area contributed by atoms with Crippen LogP contribution in [-0.4, -0.2) is 17.1 Å². The minimum Gasteiger partial charge on any atom is -0.481 e. The molecule has 19 heavy (non-hydrogen) atoms. The van der Waals surface area contributed by atoms with Crippen molar-refractivity contribution in [3.05, 3.63) is 59.0 Å². The Morgan fingerprint density at radius 1 is 1.16 bits per heavy atom. The summed E-state index contributed by atoms with van der Waals surface area (Å²) in [5.74, 6) is 0.505. The smallest absolute Gasteiger partial charge is 0.256 e. The number of hydrogen-bond donors (Lipinski definition) is 1. The van der Waals surface area contributed by atoms with Crippen molar-refractivity contribution in [1.82, 2.24) is 9.97 Å². The van der Waals surface area contributed by atoms with Gasteiger partial charge in [-0.3, -0.25) is 4.79 Å². The number of fused-ring (bicyclic) bond motifs is 1. The summed E-state index contributed by atoms with van der Waals surface area (Å²) in [6, 6.07) is 13.1. The Labute approximate surface area is 109 Å². The number of benzene rings is 1. The highest BCUT2D eigenvalue weighted by Crippen LogP contribution is 2.24. The fraction of sp³-hybridized carbons (Fsp3) is 0.0667. The number of hydrogen-bond acceptors (Lipinski definition) is 3. The zero-order valence-electron chi connectivity index (χ0n) is 10.4. The highest BCUT2D eigenvalue weighted by atomic mass is 16.5. The molecule has 3 aromatic rings. The molecule has 0 atom stereocenters. The molecule has 0 aliphatic heterocycles. The van der Waals surface area contributed by atoms with Crippen molar-refractivity contribution in [3.63, 3.8) is 0 Å². The normalized spacial score (nSPS) is 10.6. The molecule has 0 radical (unpaired) electrons. The summed E-state index contributed by atoms with van der Waals surface area (Å²) in [5.41, 5.74) is 2.08. The summed E-state index contributed by atoms with van der Waals surface area (Å²) < 4.78 is 5.23. The van der Waals surface area contributed by atoms with E-state index >= 15 is 0 Å². The average molecular weight is 252 g/mol. The third-order valence-electron chi connectivity index (χ3n) is 3.01. The number of nitrogens with zero attached hydrogens (tertiary/aromatic N) is 1. The molecule has 0 saturated carbocycles. The van der Waals surface area contributed by atoms with Crippen molar-refractivity contribution in [3.8, 4) is 17.0 Å². The van der Waals surface area contributed by atoms with Crippen molar-refractivity contribution in [2.24, 2.45) is 0 Å². The average Bonchev–Trinajstić information content (AvgIpc) is 2.46. The van der Waals surface area contributed by atoms with Crippen LogP contribution < -0.4 is 10.3 Å². The zero-order chi connectivity index (χ0) is 13.2. The van der Waals surface area contributed by atoms with Gasteiger partial charge < -0.3 is 9.72 Å². The van der Waals surface area contributed by atoms with Crippen molar-refractivity contribution in [2.45, 2.75) is 0 Å². The third-order valence-corrected chi connectivity index (χ3v) is 3.01. The van der Waals surface area contributed by atoms with E-state index in [1.54, 1.807) is 19.4 Å². The Kier molecular flexibility index (Phi) is 2.76. The molecule has 4 heteroatoms. The van der Waals surface area contributed by atoms with Crippen LogP contribution in [0.5, 0.6) is 5.88 Å². The molecule has 1 N–H and O–H groups in total. The van der Waals surface area contributed by atoms with Gasteiger partial charge in [-0.2, -0.15) is 0 Å². The van der Waals surface area contributed by atoms with Crippen LogP contribution >= 0.6 is 0 Å².